The standard InChI is InChI=1S/C31H33F3O/c1-2-3-20-6-11-23(12-7-20)25-16-17-26(31(34)30(25)33)24-13-8-21(9-14-24)4-5-22-10-15-27(28(32)18-22)29-19-35-29/h2-7,11-12,16-18,21-22,24,27,29H,8-10,13-15,19H2,1H3/b3-2+,5-4+. The fourth-order valence-electron chi connectivity index (χ4n) is 5.72. The van der Waals surface area contributed by atoms with Crippen molar-refractivity contribution >= 4 is 6.08 Å². The van der Waals surface area contributed by atoms with E-state index in [-0.39, 0.29) is 29.7 Å². The molecule has 3 unspecified atom stereocenters. The predicted molar refractivity (Wildman–Crippen MR) is 135 cm³/mol. The molecule has 0 bridgehead atoms. The molecule has 2 aromatic carbocycles. The lowest BCUT2D eigenvalue weighted by atomic mass is 9.77. The van der Waals surface area contributed by atoms with Crippen LogP contribution >= 0.6 is 0 Å². The number of halogens is 3. The molecule has 1 saturated carbocycles. The van der Waals surface area contributed by atoms with E-state index in [2.05, 4.69) is 12.2 Å². The summed E-state index contributed by atoms with van der Waals surface area (Å²) in [4.78, 5) is 0. The third-order valence-corrected chi connectivity index (χ3v) is 7.88. The molecule has 1 heterocycles. The average molecular weight is 479 g/mol. The third kappa shape index (κ3) is 5.48. The number of hydrogen-bond donors (Lipinski definition) is 0. The zero-order valence-electron chi connectivity index (χ0n) is 20.2. The van der Waals surface area contributed by atoms with Crippen molar-refractivity contribution in [1.29, 1.82) is 0 Å². The molecule has 0 spiro atoms. The Kier molecular flexibility index (Phi) is 7.29. The molecule has 0 radical (unpaired) electrons. The number of epoxide rings is 1. The van der Waals surface area contributed by atoms with E-state index in [9.17, 15) is 4.39 Å². The van der Waals surface area contributed by atoms with Gasteiger partial charge in [-0.25, -0.2) is 13.2 Å². The summed E-state index contributed by atoms with van der Waals surface area (Å²) in [6.07, 6.45) is 15.5. The van der Waals surface area contributed by atoms with E-state index < -0.39 is 11.6 Å². The Hall–Kier alpha value is -2.59. The summed E-state index contributed by atoms with van der Waals surface area (Å²) in [5.41, 5.74) is 2.50. The van der Waals surface area contributed by atoms with Gasteiger partial charge < -0.3 is 4.74 Å². The highest BCUT2D eigenvalue weighted by Gasteiger charge is 2.37. The van der Waals surface area contributed by atoms with Crippen molar-refractivity contribution in [2.24, 2.45) is 17.8 Å². The van der Waals surface area contributed by atoms with Crippen LogP contribution in [0.3, 0.4) is 0 Å². The highest BCUT2D eigenvalue weighted by atomic mass is 19.2. The third-order valence-electron chi connectivity index (χ3n) is 7.88. The van der Waals surface area contributed by atoms with Gasteiger partial charge in [-0.15, -0.1) is 0 Å². The SMILES string of the molecule is C/C=C/c1ccc(-c2ccc(C3CCC(/C=C/C4C=C(F)C(C5CO5)CC4)CC3)c(F)c2F)cc1. The van der Waals surface area contributed by atoms with Crippen LogP contribution in [-0.2, 0) is 4.74 Å². The van der Waals surface area contributed by atoms with Gasteiger partial charge in [-0.3, -0.25) is 0 Å². The molecular formula is C31H33F3O. The molecule has 2 fully saturated rings. The molecule has 4 heteroatoms. The predicted octanol–water partition coefficient (Wildman–Crippen LogP) is 8.77. The molecular weight excluding hydrogens is 445 g/mol. The maximum Gasteiger partial charge on any atom is 0.166 e. The largest absolute Gasteiger partial charge is 0.372 e. The minimum absolute atomic E-state index is 0.0215. The van der Waals surface area contributed by atoms with Crippen molar-refractivity contribution in [3.05, 3.63) is 89.3 Å². The van der Waals surface area contributed by atoms with Gasteiger partial charge in [-0.2, -0.15) is 0 Å². The quantitative estimate of drug-likeness (QED) is 0.299. The van der Waals surface area contributed by atoms with Crippen molar-refractivity contribution in [3.8, 4) is 11.1 Å². The van der Waals surface area contributed by atoms with Gasteiger partial charge in [0.2, 0.25) is 0 Å². The molecule has 3 atom stereocenters. The Balaban J connectivity index is 1.20. The topological polar surface area (TPSA) is 12.5 Å². The molecule has 35 heavy (non-hydrogen) atoms. The zero-order valence-corrected chi connectivity index (χ0v) is 20.2. The Labute approximate surface area is 206 Å². The van der Waals surface area contributed by atoms with Crippen LogP contribution in [0.4, 0.5) is 13.2 Å². The first kappa shape index (κ1) is 24.1. The van der Waals surface area contributed by atoms with Crippen molar-refractivity contribution in [2.45, 2.75) is 57.5 Å². The summed E-state index contributed by atoms with van der Waals surface area (Å²) in [7, 11) is 0. The van der Waals surface area contributed by atoms with Crippen molar-refractivity contribution < 1.29 is 17.9 Å². The van der Waals surface area contributed by atoms with Crippen LogP contribution in [-0.4, -0.2) is 12.7 Å². The minimum atomic E-state index is -0.760. The second kappa shape index (κ2) is 10.6. The van der Waals surface area contributed by atoms with E-state index >= 15 is 8.78 Å². The summed E-state index contributed by atoms with van der Waals surface area (Å²) >= 11 is 0. The van der Waals surface area contributed by atoms with Crippen LogP contribution in [0.5, 0.6) is 0 Å². The Bertz CT molecular complexity index is 1120. The van der Waals surface area contributed by atoms with Crippen LogP contribution in [0.1, 0.15) is 62.5 Å². The van der Waals surface area contributed by atoms with Crippen LogP contribution in [0.25, 0.3) is 17.2 Å². The van der Waals surface area contributed by atoms with E-state index in [0.717, 1.165) is 44.1 Å². The first-order valence-electron chi connectivity index (χ1n) is 12.9. The van der Waals surface area contributed by atoms with Gasteiger partial charge in [0, 0.05) is 11.5 Å². The number of hydrogen-bond acceptors (Lipinski definition) is 1. The van der Waals surface area contributed by atoms with Gasteiger partial charge in [0.1, 0.15) is 5.83 Å². The van der Waals surface area contributed by atoms with E-state index in [1.165, 1.54) is 0 Å². The Morgan fingerprint density at radius 1 is 0.829 bits per heavy atom. The lowest BCUT2D eigenvalue weighted by Crippen LogP contribution is -2.17. The molecule has 0 aromatic heterocycles. The number of allylic oxidation sites excluding steroid dienone is 4. The molecule has 0 N–H and O–H groups in total. The van der Waals surface area contributed by atoms with Gasteiger partial charge in [0.05, 0.1) is 12.7 Å². The van der Waals surface area contributed by atoms with Crippen LogP contribution in [0.15, 0.2) is 66.5 Å². The van der Waals surface area contributed by atoms with E-state index in [1.807, 2.05) is 43.3 Å². The van der Waals surface area contributed by atoms with Gasteiger partial charge in [-0.05, 0) is 86.0 Å². The second-order valence-corrected chi connectivity index (χ2v) is 10.2. The van der Waals surface area contributed by atoms with Crippen LogP contribution < -0.4 is 0 Å². The summed E-state index contributed by atoms with van der Waals surface area (Å²) in [6, 6.07) is 11.0. The monoisotopic (exact) mass is 478 g/mol. The summed E-state index contributed by atoms with van der Waals surface area (Å²) in [5.74, 6) is -0.947. The van der Waals surface area contributed by atoms with Crippen LogP contribution in [0.2, 0.25) is 0 Å². The Morgan fingerprint density at radius 2 is 1.57 bits per heavy atom. The van der Waals surface area contributed by atoms with E-state index in [1.54, 1.807) is 18.2 Å². The fraction of sp³-hybridized carbons (Fsp3) is 0.419. The summed E-state index contributed by atoms with van der Waals surface area (Å²) < 4.78 is 49.7. The lowest BCUT2D eigenvalue weighted by Gasteiger charge is -2.28. The van der Waals surface area contributed by atoms with E-state index in [0.29, 0.717) is 29.2 Å². The normalized spacial score (nSPS) is 29.0. The summed E-state index contributed by atoms with van der Waals surface area (Å²) in [5, 5.41) is 0. The van der Waals surface area contributed by atoms with Gasteiger partial charge in [-0.1, -0.05) is 60.7 Å². The average Bonchev–Trinajstić information content (AvgIpc) is 3.71. The first-order valence-corrected chi connectivity index (χ1v) is 12.9. The number of benzene rings is 2. The van der Waals surface area contributed by atoms with Gasteiger partial charge in [0.25, 0.3) is 0 Å². The van der Waals surface area contributed by atoms with E-state index in [4.69, 9.17) is 4.74 Å². The maximum atomic E-state index is 15.1. The number of ether oxygens (including phenoxy) is 1. The van der Waals surface area contributed by atoms with Crippen LogP contribution in [0, 0.1) is 29.4 Å². The molecule has 1 nitrogen and oxygen atoms in total. The minimum Gasteiger partial charge on any atom is -0.372 e. The Morgan fingerprint density at radius 3 is 2.23 bits per heavy atom. The molecule has 2 aliphatic carbocycles. The van der Waals surface area contributed by atoms with Crippen molar-refractivity contribution in [3.63, 3.8) is 0 Å². The summed E-state index contributed by atoms with van der Waals surface area (Å²) in [6.45, 7) is 2.63. The van der Waals surface area contributed by atoms with Crippen molar-refractivity contribution in [2.75, 3.05) is 6.61 Å². The molecule has 5 rings (SSSR count). The zero-order chi connectivity index (χ0) is 24.4. The first-order chi connectivity index (χ1) is 17.0. The smallest absolute Gasteiger partial charge is 0.166 e. The second-order valence-electron chi connectivity index (χ2n) is 10.2. The van der Waals surface area contributed by atoms with Gasteiger partial charge in [0.15, 0.2) is 11.6 Å². The molecule has 1 aliphatic heterocycles. The number of rotatable bonds is 6. The van der Waals surface area contributed by atoms with Crippen molar-refractivity contribution in [1.82, 2.24) is 0 Å². The fourth-order valence-corrected chi connectivity index (χ4v) is 5.72. The molecule has 2 aromatic rings. The molecule has 0 amide bonds. The molecule has 3 aliphatic rings. The molecule has 184 valence electrons. The molecule has 1 saturated heterocycles. The maximum absolute atomic E-state index is 15.1. The van der Waals surface area contributed by atoms with Gasteiger partial charge >= 0.3 is 0 Å². The lowest BCUT2D eigenvalue weighted by molar-refractivity contribution is 0.289. The highest BCUT2D eigenvalue weighted by Crippen LogP contribution is 2.41. The highest BCUT2D eigenvalue weighted by molar-refractivity contribution is 5.67.